The quantitative estimate of drug-likeness (QED) is 0.757. The molecule has 2 heterocycles. The molecule has 2 rings (SSSR count). The van der Waals surface area contributed by atoms with Crippen LogP contribution in [0.1, 0.15) is 39.0 Å². The molecule has 19 heavy (non-hydrogen) atoms. The number of hydrogen-bond donors (Lipinski definition) is 1. The van der Waals surface area contributed by atoms with Gasteiger partial charge >= 0.3 is 0 Å². The first kappa shape index (κ1) is 15.6. The summed E-state index contributed by atoms with van der Waals surface area (Å²) in [5.74, 6) is 1.27. The van der Waals surface area contributed by atoms with Crippen LogP contribution in [0.3, 0.4) is 0 Å². The molecule has 0 saturated carbocycles. The summed E-state index contributed by atoms with van der Waals surface area (Å²) in [5.41, 5.74) is 6.05. The summed E-state index contributed by atoms with van der Waals surface area (Å²) in [5, 5.41) is 0. The predicted octanol–water partition coefficient (Wildman–Crippen LogP) is 2.02. The molecule has 2 aliphatic heterocycles. The van der Waals surface area contributed by atoms with Gasteiger partial charge < -0.3 is 5.73 Å². The van der Waals surface area contributed by atoms with Gasteiger partial charge in [-0.25, -0.2) is 0 Å². The molecule has 112 valence electrons. The molecule has 0 amide bonds. The molecule has 0 aromatic heterocycles. The van der Waals surface area contributed by atoms with E-state index < -0.39 is 0 Å². The lowest BCUT2D eigenvalue weighted by atomic mass is 9.95. The second-order valence-electron chi connectivity index (χ2n) is 6.21. The van der Waals surface area contributed by atoms with Crippen molar-refractivity contribution in [3.8, 4) is 0 Å². The van der Waals surface area contributed by atoms with Crippen molar-refractivity contribution in [1.82, 2.24) is 9.80 Å². The summed E-state index contributed by atoms with van der Waals surface area (Å²) >= 11 is 1.95. The number of nitrogens with two attached hydrogens (primary N) is 1. The first-order valence-corrected chi connectivity index (χ1v) is 9.34. The van der Waals surface area contributed by atoms with E-state index in [-0.39, 0.29) is 0 Å². The Hall–Kier alpha value is 0.230. The van der Waals surface area contributed by atoms with Crippen LogP contribution < -0.4 is 5.73 Å². The van der Waals surface area contributed by atoms with Gasteiger partial charge in [0.15, 0.2) is 0 Å². The maximum absolute atomic E-state index is 6.05. The van der Waals surface area contributed by atoms with Crippen molar-refractivity contribution >= 4 is 11.8 Å². The lowest BCUT2D eigenvalue weighted by molar-refractivity contribution is -0.00777. The summed E-state index contributed by atoms with van der Waals surface area (Å²) in [7, 11) is 0. The van der Waals surface area contributed by atoms with Crippen molar-refractivity contribution in [2.75, 3.05) is 38.2 Å². The highest BCUT2D eigenvalue weighted by Crippen LogP contribution is 2.26. The molecular formula is C15H31N3S. The van der Waals surface area contributed by atoms with Crippen molar-refractivity contribution in [1.29, 1.82) is 0 Å². The first-order chi connectivity index (χ1) is 9.26. The van der Waals surface area contributed by atoms with Crippen molar-refractivity contribution in [3.63, 3.8) is 0 Å². The minimum atomic E-state index is 0.603. The minimum absolute atomic E-state index is 0.603. The zero-order valence-corrected chi connectivity index (χ0v) is 13.5. The van der Waals surface area contributed by atoms with Gasteiger partial charge in [0, 0.05) is 37.8 Å². The number of piperidine rings is 1. The summed E-state index contributed by atoms with van der Waals surface area (Å²) in [6.45, 7) is 7.04. The van der Waals surface area contributed by atoms with E-state index in [1.54, 1.807) is 0 Å². The molecule has 2 fully saturated rings. The van der Waals surface area contributed by atoms with Crippen LogP contribution in [0.25, 0.3) is 0 Å². The van der Waals surface area contributed by atoms with Gasteiger partial charge in [-0.2, -0.15) is 11.8 Å². The third-order valence-electron chi connectivity index (χ3n) is 4.86. The van der Waals surface area contributed by atoms with Gasteiger partial charge in [-0.15, -0.1) is 0 Å². The van der Waals surface area contributed by atoms with Crippen LogP contribution in [-0.4, -0.2) is 66.1 Å². The predicted molar refractivity (Wildman–Crippen MR) is 85.8 cm³/mol. The summed E-state index contributed by atoms with van der Waals surface area (Å²) < 4.78 is 0. The topological polar surface area (TPSA) is 32.5 Å². The zero-order valence-electron chi connectivity index (χ0n) is 12.7. The molecule has 0 aromatic rings. The van der Waals surface area contributed by atoms with E-state index in [0.29, 0.717) is 12.1 Å². The molecule has 3 atom stereocenters. The van der Waals surface area contributed by atoms with Crippen LogP contribution in [0.15, 0.2) is 0 Å². The van der Waals surface area contributed by atoms with E-state index in [1.165, 1.54) is 57.5 Å². The standard InChI is InChI=1S/C15H31N3S/c1-13-11-17-8-4-3-6-15(17)12-18(13)14(10-16)7-5-9-19-2/h13-15H,3-12,16H2,1-2H3. The average molecular weight is 286 g/mol. The number of piperazine rings is 1. The molecule has 2 aliphatic rings. The van der Waals surface area contributed by atoms with Crippen LogP contribution in [0, 0.1) is 0 Å². The highest BCUT2D eigenvalue weighted by Gasteiger charge is 2.35. The van der Waals surface area contributed by atoms with Gasteiger partial charge in [0.1, 0.15) is 0 Å². The van der Waals surface area contributed by atoms with Crippen LogP contribution >= 0.6 is 11.8 Å². The Morgan fingerprint density at radius 2 is 2.16 bits per heavy atom. The summed E-state index contributed by atoms with van der Waals surface area (Å²) in [6, 6.07) is 2.09. The highest BCUT2D eigenvalue weighted by atomic mass is 32.2. The number of fused-ring (bicyclic) bond motifs is 1. The fourth-order valence-corrected chi connectivity index (χ4v) is 4.22. The van der Waals surface area contributed by atoms with Crippen LogP contribution in [-0.2, 0) is 0 Å². The van der Waals surface area contributed by atoms with Gasteiger partial charge in [-0.05, 0) is 51.2 Å². The second kappa shape index (κ2) is 7.87. The lowest BCUT2D eigenvalue weighted by Crippen LogP contribution is -2.62. The second-order valence-corrected chi connectivity index (χ2v) is 7.20. The fraction of sp³-hybridized carbons (Fsp3) is 1.00. The van der Waals surface area contributed by atoms with Crippen LogP contribution in [0.4, 0.5) is 0 Å². The molecule has 3 unspecified atom stereocenters. The highest BCUT2D eigenvalue weighted by molar-refractivity contribution is 7.98. The molecule has 2 N–H and O–H groups in total. The Bertz CT molecular complexity index is 262. The third-order valence-corrected chi connectivity index (χ3v) is 5.56. The van der Waals surface area contributed by atoms with E-state index in [1.807, 2.05) is 11.8 Å². The normalized spacial score (nSPS) is 31.1. The Labute approximate surface area is 123 Å². The molecule has 4 heteroatoms. The number of rotatable bonds is 6. The zero-order chi connectivity index (χ0) is 13.7. The smallest absolute Gasteiger partial charge is 0.0224 e. The SMILES string of the molecule is CSCCCC(CN)N1CC2CCCCN2CC1C. The Kier molecular flexibility index (Phi) is 6.46. The summed E-state index contributed by atoms with van der Waals surface area (Å²) in [6.07, 6.45) is 8.99. The lowest BCUT2D eigenvalue weighted by Gasteiger charge is -2.50. The van der Waals surface area contributed by atoms with Gasteiger partial charge in [0.05, 0.1) is 0 Å². The molecule has 3 nitrogen and oxygen atoms in total. The monoisotopic (exact) mass is 285 g/mol. The summed E-state index contributed by atoms with van der Waals surface area (Å²) in [4.78, 5) is 5.44. The van der Waals surface area contributed by atoms with E-state index in [9.17, 15) is 0 Å². The number of thioether (sulfide) groups is 1. The number of hydrogen-bond acceptors (Lipinski definition) is 4. The number of nitrogens with zero attached hydrogens (tertiary/aromatic N) is 2. The fourth-order valence-electron chi connectivity index (χ4n) is 3.77. The van der Waals surface area contributed by atoms with Crippen molar-refractivity contribution < 1.29 is 0 Å². The molecule has 0 radical (unpaired) electrons. The molecule has 0 aliphatic carbocycles. The Morgan fingerprint density at radius 1 is 1.32 bits per heavy atom. The van der Waals surface area contributed by atoms with Gasteiger partial charge in [0.2, 0.25) is 0 Å². The van der Waals surface area contributed by atoms with E-state index >= 15 is 0 Å². The first-order valence-electron chi connectivity index (χ1n) is 7.95. The molecule has 0 aromatic carbocycles. The van der Waals surface area contributed by atoms with E-state index in [0.717, 1.165) is 12.6 Å². The Morgan fingerprint density at radius 3 is 2.89 bits per heavy atom. The maximum atomic E-state index is 6.05. The minimum Gasteiger partial charge on any atom is -0.329 e. The van der Waals surface area contributed by atoms with E-state index in [4.69, 9.17) is 5.73 Å². The van der Waals surface area contributed by atoms with Crippen molar-refractivity contribution in [2.24, 2.45) is 5.73 Å². The van der Waals surface area contributed by atoms with Crippen LogP contribution in [0.5, 0.6) is 0 Å². The van der Waals surface area contributed by atoms with Crippen LogP contribution in [0.2, 0.25) is 0 Å². The molecule has 2 saturated heterocycles. The van der Waals surface area contributed by atoms with Gasteiger partial charge in [-0.1, -0.05) is 6.42 Å². The third kappa shape index (κ3) is 4.10. The van der Waals surface area contributed by atoms with E-state index in [2.05, 4.69) is 23.0 Å². The molecule has 0 bridgehead atoms. The maximum Gasteiger partial charge on any atom is 0.0224 e. The van der Waals surface area contributed by atoms with Crippen molar-refractivity contribution in [3.05, 3.63) is 0 Å². The Balaban J connectivity index is 1.89. The van der Waals surface area contributed by atoms with Crippen molar-refractivity contribution in [2.45, 2.75) is 57.2 Å². The van der Waals surface area contributed by atoms with Gasteiger partial charge in [-0.3, -0.25) is 9.80 Å². The molecular weight excluding hydrogens is 254 g/mol. The largest absolute Gasteiger partial charge is 0.329 e. The van der Waals surface area contributed by atoms with Gasteiger partial charge in [0.25, 0.3) is 0 Å². The molecule has 0 spiro atoms. The average Bonchev–Trinajstić information content (AvgIpc) is 2.43.